The largest absolute Gasteiger partial charge is 0.345 e. The summed E-state index contributed by atoms with van der Waals surface area (Å²) in [6, 6.07) is 8.31. The smallest absolute Gasteiger partial charge is 0.329 e. The van der Waals surface area contributed by atoms with Crippen molar-refractivity contribution in [2.24, 2.45) is 7.05 Å². The molecule has 0 aliphatic rings. The Morgan fingerprint density at radius 1 is 1.32 bits per heavy atom. The van der Waals surface area contributed by atoms with Crippen molar-refractivity contribution in [3.8, 4) is 0 Å². The average molecular weight is 359 g/mol. The Labute approximate surface area is 147 Å². The van der Waals surface area contributed by atoms with E-state index in [2.05, 4.69) is 15.3 Å². The number of halogens is 1. The van der Waals surface area contributed by atoms with Crippen molar-refractivity contribution < 1.29 is 4.79 Å². The highest BCUT2D eigenvalue weighted by Gasteiger charge is 2.16. The maximum absolute atomic E-state index is 12.5. The molecule has 0 saturated heterocycles. The molecule has 0 unspecified atom stereocenters. The number of nitrogens with zero attached hydrogens (tertiary/aromatic N) is 2. The molecule has 0 aliphatic carbocycles. The Morgan fingerprint density at radius 2 is 2.04 bits per heavy atom. The van der Waals surface area contributed by atoms with Gasteiger partial charge < -0.3 is 5.32 Å². The summed E-state index contributed by atoms with van der Waals surface area (Å²) >= 11 is 6.14. The summed E-state index contributed by atoms with van der Waals surface area (Å²) in [6.45, 7) is 1.81. The molecular formula is C17H15ClN4O3. The molecule has 1 aromatic carbocycles. The predicted octanol–water partition coefficient (Wildman–Crippen LogP) is 1.77. The summed E-state index contributed by atoms with van der Waals surface area (Å²) < 4.78 is 1.21. The molecule has 3 rings (SSSR count). The monoisotopic (exact) mass is 358 g/mol. The van der Waals surface area contributed by atoms with Crippen LogP contribution in [0.15, 0.2) is 46.1 Å². The molecule has 0 spiro atoms. The lowest BCUT2D eigenvalue weighted by molar-refractivity contribution is 0.0939. The maximum atomic E-state index is 12.5. The summed E-state index contributed by atoms with van der Waals surface area (Å²) in [7, 11) is 1.49. The molecular weight excluding hydrogens is 344 g/mol. The van der Waals surface area contributed by atoms with Crippen LogP contribution < -0.4 is 16.6 Å². The van der Waals surface area contributed by atoms with E-state index < -0.39 is 17.2 Å². The number of fused-ring (bicyclic) bond motifs is 1. The molecule has 128 valence electrons. The van der Waals surface area contributed by atoms with E-state index in [9.17, 15) is 14.4 Å². The molecule has 1 atom stereocenters. The van der Waals surface area contributed by atoms with Crippen molar-refractivity contribution in [2.45, 2.75) is 13.0 Å². The first kappa shape index (κ1) is 16.9. The molecule has 0 radical (unpaired) electrons. The van der Waals surface area contributed by atoms with E-state index in [1.165, 1.54) is 23.9 Å². The van der Waals surface area contributed by atoms with E-state index in [0.29, 0.717) is 5.02 Å². The third-order valence-electron chi connectivity index (χ3n) is 3.94. The third kappa shape index (κ3) is 3.18. The van der Waals surface area contributed by atoms with Gasteiger partial charge in [-0.1, -0.05) is 29.8 Å². The van der Waals surface area contributed by atoms with Gasteiger partial charge in [-0.25, -0.2) is 9.78 Å². The summed E-state index contributed by atoms with van der Waals surface area (Å²) in [5.41, 5.74) is 0.0699. The topological polar surface area (TPSA) is 96.8 Å². The van der Waals surface area contributed by atoms with Gasteiger partial charge in [-0.15, -0.1) is 0 Å². The average Bonchev–Trinajstić information content (AvgIpc) is 2.59. The van der Waals surface area contributed by atoms with Gasteiger partial charge in [0.15, 0.2) is 0 Å². The number of benzene rings is 1. The molecule has 2 aromatic heterocycles. The van der Waals surface area contributed by atoms with E-state index in [4.69, 9.17) is 11.6 Å². The highest BCUT2D eigenvalue weighted by atomic mass is 35.5. The molecule has 0 aliphatic heterocycles. The molecule has 7 nitrogen and oxygen atoms in total. The van der Waals surface area contributed by atoms with Gasteiger partial charge in [0.2, 0.25) is 0 Å². The Hall–Kier alpha value is -2.93. The normalized spacial score (nSPS) is 12.1. The van der Waals surface area contributed by atoms with E-state index >= 15 is 0 Å². The van der Waals surface area contributed by atoms with Crippen LogP contribution in [0.1, 0.15) is 28.9 Å². The van der Waals surface area contributed by atoms with Crippen LogP contribution in [0.5, 0.6) is 0 Å². The Morgan fingerprint density at radius 3 is 2.76 bits per heavy atom. The molecule has 2 N–H and O–H groups in total. The number of carbonyl (C=O) groups is 1. The second-order valence-corrected chi connectivity index (χ2v) is 6.04. The molecule has 0 bridgehead atoms. The number of hydrogen-bond donors (Lipinski definition) is 2. The first-order valence-electron chi connectivity index (χ1n) is 7.53. The van der Waals surface area contributed by atoms with Crippen LogP contribution in [0.2, 0.25) is 5.02 Å². The first-order chi connectivity index (χ1) is 11.9. The SMILES string of the molecule is C[C@H](NC(=O)c1cnc2c(c1)c(=O)[nH]c(=O)n2C)c1ccccc1Cl. The summed E-state index contributed by atoms with van der Waals surface area (Å²) in [4.78, 5) is 42.3. The molecule has 25 heavy (non-hydrogen) atoms. The minimum Gasteiger partial charge on any atom is -0.345 e. The van der Waals surface area contributed by atoms with E-state index in [1.54, 1.807) is 6.07 Å². The Balaban J connectivity index is 1.94. The second-order valence-electron chi connectivity index (χ2n) is 5.63. The van der Waals surface area contributed by atoms with E-state index in [-0.39, 0.29) is 22.6 Å². The molecule has 0 saturated carbocycles. The van der Waals surface area contributed by atoms with Crippen LogP contribution in [0.3, 0.4) is 0 Å². The fourth-order valence-corrected chi connectivity index (χ4v) is 2.84. The van der Waals surface area contributed by atoms with Gasteiger partial charge in [0, 0.05) is 18.3 Å². The minimum atomic E-state index is -0.584. The van der Waals surface area contributed by atoms with Crippen LogP contribution in [0.25, 0.3) is 11.0 Å². The number of aromatic amines is 1. The van der Waals surface area contributed by atoms with Crippen molar-refractivity contribution in [1.29, 1.82) is 0 Å². The maximum Gasteiger partial charge on any atom is 0.329 e. The van der Waals surface area contributed by atoms with Crippen molar-refractivity contribution in [3.05, 3.63) is 73.5 Å². The van der Waals surface area contributed by atoms with Gasteiger partial charge in [0.1, 0.15) is 5.65 Å². The number of aromatic nitrogens is 3. The summed E-state index contributed by atoms with van der Waals surface area (Å²) in [5.74, 6) is -0.393. The molecule has 3 aromatic rings. The van der Waals surface area contributed by atoms with Gasteiger partial charge in [-0.05, 0) is 24.6 Å². The van der Waals surface area contributed by atoms with Gasteiger partial charge >= 0.3 is 5.69 Å². The van der Waals surface area contributed by atoms with Crippen molar-refractivity contribution in [2.75, 3.05) is 0 Å². The van der Waals surface area contributed by atoms with E-state index in [0.717, 1.165) is 5.56 Å². The Kier molecular flexibility index (Phi) is 4.41. The lowest BCUT2D eigenvalue weighted by Gasteiger charge is -2.15. The van der Waals surface area contributed by atoms with Gasteiger partial charge in [-0.2, -0.15) is 0 Å². The van der Waals surface area contributed by atoms with Crippen LogP contribution in [-0.2, 0) is 7.05 Å². The number of aryl methyl sites for hydroxylation is 1. The molecule has 1 amide bonds. The molecule has 2 heterocycles. The van der Waals surface area contributed by atoms with Gasteiger partial charge in [0.25, 0.3) is 11.5 Å². The van der Waals surface area contributed by atoms with Crippen molar-refractivity contribution >= 4 is 28.5 Å². The van der Waals surface area contributed by atoms with Gasteiger partial charge in [0.05, 0.1) is 17.0 Å². The fraction of sp³-hybridized carbons (Fsp3) is 0.176. The second kappa shape index (κ2) is 6.52. The van der Waals surface area contributed by atoms with E-state index in [1.807, 2.05) is 25.1 Å². The number of pyridine rings is 1. The number of hydrogen-bond acceptors (Lipinski definition) is 4. The van der Waals surface area contributed by atoms with Crippen LogP contribution in [0.4, 0.5) is 0 Å². The highest BCUT2D eigenvalue weighted by Crippen LogP contribution is 2.22. The van der Waals surface area contributed by atoms with Crippen LogP contribution in [0, 0.1) is 0 Å². The quantitative estimate of drug-likeness (QED) is 0.745. The number of carbonyl (C=O) groups excluding carboxylic acids is 1. The van der Waals surface area contributed by atoms with Crippen molar-refractivity contribution in [3.63, 3.8) is 0 Å². The molecule has 8 heteroatoms. The Bertz CT molecular complexity index is 1090. The number of rotatable bonds is 3. The zero-order valence-corrected chi connectivity index (χ0v) is 14.3. The lowest BCUT2D eigenvalue weighted by atomic mass is 10.1. The molecule has 0 fully saturated rings. The van der Waals surface area contributed by atoms with Crippen LogP contribution in [-0.4, -0.2) is 20.4 Å². The highest BCUT2D eigenvalue weighted by molar-refractivity contribution is 6.31. The zero-order valence-electron chi connectivity index (χ0n) is 13.5. The van der Waals surface area contributed by atoms with Gasteiger partial charge in [-0.3, -0.25) is 19.1 Å². The third-order valence-corrected chi connectivity index (χ3v) is 4.28. The summed E-state index contributed by atoms with van der Waals surface area (Å²) in [5, 5.41) is 3.54. The minimum absolute atomic E-state index is 0.167. The number of H-pyrrole nitrogens is 1. The number of amides is 1. The first-order valence-corrected chi connectivity index (χ1v) is 7.90. The lowest BCUT2D eigenvalue weighted by Crippen LogP contribution is -2.30. The van der Waals surface area contributed by atoms with Crippen molar-refractivity contribution in [1.82, 2.24) is 19.9 Å². The zero-order chi connectivity index (χ0) is 18.1. The standard InChI is InChI=1S/C17H15ClN4O3/c1-9(11-5-3-4-6-13(11)18)20-15(23)10-7-12-14(19-8-10)22(2)17(25)21-16(12)24/h3-9H,1-2H3,(H,20,23)(H,21,24,25)/t9-/m0/s1. The van der Waals surface area contributed by atoms with Crippen LogP contribution >= 0.6 is 11.6 Å². The fourth-order valence-electron chi connectivity index (χ4n) is 2.54. The summed E-state index contributed by atoms with van der Waals surface area (Å²) in [6.07, 6.45) is 1.33. The number of nitrogens with one attached hydrogen (secondary N) is 2. The predicted molar refractivity (Wildman–Crippen MR) is 94.9 cm³/mol.